The molecule has 0 atom stereocenters. The molecule has 0 radical (unpaired) electrons. The lowest BCUT2D eigenvalue weighted by molar-refractivity contribution is 0.0822. The van der Waals surface area contributed by atoms with Gasteiger partial charge >= 0.3 is 0 Å². The Bertz CT molecular complexity index is 414. The predicted molar refractivity (Wildman–Crippen MR) is 60.3 cm³/mol. The first kappa shape index (κ1) is 10.7. The number of ether oxygens (including phenoxy) is 1. The van der Waals surface area contributed by atoms with E-state index in [1.54, 1.807) is 26.4 Å². The van der Waals surface area contributed by atoms with Crippen LogP contribution in [-0.4, -0.2) is 36.0 Å². The first-order chi connectivity index (χ1) is 7.59. The van der Waals surface area contributed by atoms with Crippen molar-refractivity contribution in [1.29, 1.82) is 0 Å². The van der Waals surface area contributed by atoms with Crippen molar-refractivity contribution in [2.75, 3.05) is 19.8 Å². The van der Waals surface area contributed by atoms with Gasteiger partial charge in [0.2, 0.25) is 0 Å². The number of pyridine rings is 1. The highest BCUT2D eigenvalue weighted by atomic mass is 16.5. The molecule has 5 heteroatoms. The van der Waals surface area contributed by atoms with Crippen LogP contribution < -0.4 is 10.5 Å². The van der Waals surface area contributed by atoms with E-state index < -0.39 is 0 Å². The Morgan fingerprint density at radius 1 is 1.56 bits per heavy atom. The number of aromatic nitrogens is 1. The highest BCUT2D eigenvalue weighted by Gasteiger charge is 2.25. The number of carbonyl (C=O) groups is 1. The maximum absolute atomic E-state index is 11.7. The average molecular weight is 221 g/mol. The molecule has 0 saturated heterocycles. The Morgan fingerprint density at radius 3 is 2.81 bits per heavy atom. The Morgan fingerprint density at radius 2 is 2.25 bits per heavy atom. The highest BCUT2D eigenvalue weighted by molar-refractivity contribution is 5.98. The molecule has 0 aliphatic heterocycles. The molecular formula is C11H15N3O2. The summed E-state index contributed by atoms with van der Waals surface area (Å²) in [5.41, 5.74) is 6.44. The second-order valence-electron chi connectivity index (χ2n) is 4.09. The summed E-state index contributed by atoms with van der Waals surface area (Å²) in [6, 6.07) is 1.69. The van der Waals surface area contributed by atoms with Crippen molar-refractivity contribution in [3.8, 4) is 5.75 Å². The zero-order chi connectivity index (χ0) is 11.7. The predicted octanol–water partition coefficient (Wildman–Crippen LogP) is 0.907. The van der Waals surface area contributed by atoms with Crippen molar-refractivity contribution in [3.05, 3.63) is 18.0 Å². The molecule has 2 rings (SSSR count). The summed E-state index contributed by atoms with van der Waals surface area (Å²) >= 11 is 0. The van der Waals surface area contributed by atoms with Crippen LogP contribution in [0.25, 0.3) is 0 Å². The van der Waals surface area contributed by atoms with Crippen LogP contribution in [0, 0.1) is 0 Å². The summed E-state index contributed by atoms with van der Waals surface area (Å²) in [6.07, 6.45) is 3.91. The van der Waals surface area contributed by atoms with Crippen LogP contribution >= 0.6 is 0 Å². The molecule has 0 bridgehead atoms. The molecule has 2 N–H and O–H groups in total. The summed E-state index contributed by atoms with van der Waals surface area (Å²) in [6.45, 7) is 0. The zero-order valence-electron chi connectivity index (χ0n) is 9.43. The molecule has 5 nitrogen and oxygen atoms in total. The Hall–Kier alpha value is -1.78. The lowest BCUT2D eigenvalue weighted by Gasteiger charge is -2.13. The van der Waals surface area contributed by atoms with Crippen molar-refractivity contribution < 1.29 is 9.53 Å². The summed E-state index contributed by atoms with van der Waals surface area (Å²) in [7, 11) is 3.33. The van der Waals surface area contributed by atoms with Crippen LogP contribution in [-0.2, 0) is 0 Å². The first-order valence-electron chi connectivity index (χ1n) is 5.22. The van der Waals surface area contributed by atoms with E-state index in [1.165, 1.54) is 4.90 Å². The fraction of sp³-hybridized carbons (Fsp3) is 0.455. The van der Waals surface area contributed by atoms with Gasteiger partial charge in [-0.05, 0) is 12.8 Å². The van der Waals surface area contributed by atoms with Gasteiger partial charge in [0, 0.05) is 26.4 Å². The Kier molecular flexibility index (Phi) is 2.68. The van der Waals surface area contributed by atoms with Crippen molar-refractivity contribution in [3.63, 3.8) is 0 Å². The van der Waals surface area contributed by atoms with E-state index in [2.05, 4.69) is 4.98 Å². The lowest BCUT2D eigenvalue weighted by atomic mass is 10.2. The molecule has 1 aromatic heterocycles. The molecule has 1 fully saturated rings. The highest BCUT2D eigenvalue weighted by Crippen LogP contribution is 2.31. The molecule has 1 heterocycles. The van der Waals surface area contributed by atoms with Gasteiger partial charge in [0.05, 0.1) is 6.10 Å². The van der Waals surface area contributed by atoms with Gasteiger partial charge in [-0.25, -0.2) is 4.98 Å². The van der Waals surface area contributed by atoms with Crippen LogP contribution in [0.4, 0.5) is 5.69 Å². The smallest absolute Gasteiger partial charge is 0.274 e. The van der Waals surface area contributed by atoms with Crippen LogP contribution in [0.15, 0.2) is 12.3 Å². The van der Waals surface area contributed by atoms with E-state index in [1.807, 2.05) is 0 Å². The van der Waals surface area contributed by atoms with Gasteiger partial charge in [0.1, 0.15) is 11.4 Å². The van der Waals surface area contributed by atoms with Crippen molar-refractivity contribution in [2.45, 2.75) is 18.9 Å². The van der Waals surface area contributed by atoms with E-state index in [0.717, 1.165) is 12.8 Å². The number of rotatable bonds is 3. The lowest BCUT2D eigenvalue weighted by Crippen LogP contribution is -2.24. The fourth-order valence-corrected chi connectivity index (χ4v) is 1.31. The molecule has 0 spiro atoms. The van der Waals surface area contributed by atoms with Gasteiger partial charge in [-0.3, -0.25) is 4.79 Å². The third kappa shape index (κ3) is 2.08. The number of anilines is 1. The summed E-state index contributed by atoms with van der Waals surface area (Å²) in [4.78, 5) is 17.2. The van der Waals surface area contributed by atoms with E-state index >= 15 is 0 Å². The number of amides is 1. The van der Waals surface area contributed by atoms with Gasteiger partial charge in [-0.1, -0.05) is 0 Å². The van der Waals surface area contributed by atoms with Crippen LogP contribution in [0.5, 0.6) is 5.75 Å². The number of hydrogen-bond donors (Lipinski definition) is 1. The van der Waals surface area contributed by atoms with Gasteiger partial charge in [0.25, 0.3) is 5.91 Å². The van der Waals surface area contributed by atoms with E-state index in [-0.39, 0.29) is 17.7 Å². The van der Waals surface area contributed by atoms with Crippen molar-refractivity contribution >= 4 is 11.6 Å². The summed E-state index contributed by atoms with van der Waals surface area (Å²) < 4.78 is 5.59. The van der Waals surface area contributed by atoms with Crippen LogP contribution in [0.1, 0.15) is 23.3 Å². The third-order valence-corrected chi connectivity index (χ3v) is 2.38. The molecule has 0 unspecified atom stereocenters. The average Bonchev–Trinajstić information content (AvgIpc) is 3.04. The third-order valence-electron chi connectivity index (χ3n) is 2.38. The maximum Gasteiger partial charge on any atom is 0.274 e. The second-order valence-corrected chi connectivity index (χ2v) is 4.09. The van der Waals surface area contributed by atoms with E-state index in [0.29, 0.717) is 11.4 Å². The molecule has 1 saturated carbocycles. The number of carbonyl (C=O) groups excluding carboxylic acids is 1. The Labute approximate surface area is 94.2 Å². The largest absolute Gasteiger partial charge is 0.488 e. The van der Waals surface area contributed by atoms with Crippen LogP contribution in [0.2, 0.25) is 0 Å². The van der Waals surface area contributed by atoms with E-state index in [9.17, 15) is 4.79 Å². The maximum atomic E-state index is 11.7. The monoisotopic (exact) mass is 221 g/mol. The molecule has 1 amide bonds. The fourth-order valence-electron chi connectivity index (χ4n) is 1.31. The number of nitrogens with zero attached hydrogens (tertiary/aromatic N) is 2. The molecule has 1 aliphatic rings. The summed E-state index contributed by atoms with van der Waals surface area (Å²) in [5.74, 6) is 0.349. The first-order valence-corrected chi connectivity index (χ1v) is 5.22. The molecule has 1 aliphatic carbocycles. The summed E-state index contributed by atoms with van der Waals surface area (Å²) in [5, 5.41) is 0. The van der Waals surface area contributed by atoms with E-state index in [4.69, 9.17) is 10.5 Å². The number of nitrogens with two attached hydrogens (primary N) is 1. The molecule has 86 valence electrons. The minimum atomic E-state index is -0.209. The van der Waals surface area contributed by atoms with Gasteiger partial charge in [-0.2, -0.15) is 0 Å². The molecule has 0 aromatic carbocycles. The molecule has 16 heavy (non-hydrogen) atoms. The SMILES string of the molecule is CN(C)C(=O)c1nccc(OC2CC2)c1N. The van der Waals surface area contributed by atoms with Crippen molar-refractivity contribution in [2.24, 2.45) is 0 Å². The van der Waals surface area contributed by atoms with Crippen LogP contribution in [0.3, 0.4) is 0 Å². The van der Waals surface area contributed by atoms with Gasteiger partial charge < -0.3 is 15.4 Å². The normalized spacial score (nSPS) is 14.6. The minimum Gasteiger partial charge on any atom is -0.488 e. The standard InChI is InChI=1S/C11H15N3O2/c1-14(2)11(15)10-9(12)8(5-6-13-10)16-7-3-4-7/h5-7H,3-4,12H2,1-2H3. The number of nitrogen functional groups attached to an aromatic ring is 1. The van der Waals surface area contributed by atoms with Gasteiger partial charge in [-0.15, -0.1) is 0 Å². The molecular weight excluding hydrogens is 206 g/mol. The quantitative estimate of drug-likeness (QED) is 0.823. The number of hydrogen-bond acceptors (Lipinski definition) is 4. The topological polar surface area (TPSA) is 68.5 Å². The Balaban J connectivity index is 2.27. The van der Waals surface area contributed by atoms with Gasteiger partial charge in [0.15, 0.2) is 5.69 Å². The molecule has 1 aromatic rings. The zero-order valence-corrected chi connectivity index (χ0v) is 9.43. The van der Waals surface area contributed by atoms with Crippen molar-refractivity contribution in [1.82, 2.24) is 9.88 Å². The second kappa shape index (κ2) is 4.00. The minimum absolute atomic E-state index is 0.209.